The van der Waals surface area contributed by atoms with Gasteiger partial charge in [-0.05, 0) is 18.4 Å². The lowest BCUT2D eigenvalue weighted by Crippen LogP contribution is -1.79. The monoisotopic (exact) mass is 295 g/mol. The van der Waals surface area contributed by atoms with Crippen molar-refractivity contribution < 1.29 is 4.42 Å². The Morgan fingerprint density at radius 3 is 2.83 bits per heavy atom. The Balaban J connectivity index is 1.72. The second kappa shape index (κ2) is 5.29. The molecular formula is C11H9N3OS3. The summed E-state index contributed by atoms with van der Waals surface area (Å²) in [6, 6.07) is 7.77. The third kappa shape index (κ3) is 2.52. The molecule has 0 saturated carbocycles. The predicted octanol–water partition coefficient (Wildman–Crippen LogP) is 3.69. The van der Waals surface area contributed by atoms with Crippen LogP contribution in [-0.2, 0) is 5.75 Å². The summed E-state index contributed by atoms with van der Waals surface area (Å²) < 4.78 is 7.57. The summed E-state index contributed by atoms with van der Waals surface area (Å²) in [5.74, 6) is 1.40. The molecule has 0 N–H and O–H groups in total. The van der Waals surface area contributed by atoms with E-state index in [0.717, 1.165) is 25.7 Å². The van der Waals surface area contributed by atoms with Gasteiger partial charge in [-0.1, -0.05) is 47.0 Å². The van der Waals surface area contributed by atoms with E-state index < -0.39 is 0 Å². The summed E-state index contributed by atoms with van der Waals surface area (Å²) in [5, 5.41) is 8.15. The fourth-order valence-corrected chi connectivity index (χ4v) is 3.72. The highest BCUT2D eigenvalue weighted by molar-refractivity contribution is 8.02. The highest BCUT2D eigenvalue weighted by atomic mass is 32.2. The third-order valence-electron chi connectivity index (χ3n) is 2.22. The zero-order chi connectivity index (χ0) is 12.4. The standard InChI is InChI=1S/C11H9N3OS3/c1-16-10-13-14-11(18-10)17-6-9-12-7-4-2-3-5-8(7)15-9/h2-5H,6H2,1H3. The Hall–Kier alpha value is -1.05. The second-order valence-corrected chi connectivity index (χ2v) is 6.66. The zero-order valence-electron chi connectivity index (χ0n) is 9.49. The summed E-state index contributed by atoms with van der Waals surface area (Å²) in [5.41, 5.74) is 1.73. The van der Waals surface area contributed by atoms with Gasteiger partial charge in [0.1, 0.15) is 5.52 Å². The van der Waals surface area contributed by atoms with Crippen molar-refractivity contribution in [2.24, 2.45) is 0 Å². The lowest BCUT2D eigenvalue weighted by atomic mass is 10.3. The van der Waals surface area contributed by atoms with Crippen molar-refractivity contribution >= 4 is 46.0 Å². The minimum Gasteiger partial charge on any atom is -0.440 e. The molecular weight excluding hydrogens is 286 g/mol. The molecule has 4 nitrogen and oxygen atoms in total. The molecule has 2 heterocycles. The van der Waals surface area contributed by atoms with Gasteiger partial charge in [-0.15, -0.1) is 10.2 Å². The number of nitrogens with zero attached hydrogens (tertiary/aromatic N) is 3. The number of oxazole rings is 1. The highest BCUT2D eigenvalue weighted by Crippen LogP contribution is 2.30. The van der Waals surface area contributed by atoms with Gasteiger partial charge in [-0.2, -0.15) is 0 Å². The molecule has 0 amide bonds. The molecule has 0 spiro atoms. The van der Waals surface area contributed by atoms with E-state index in [1.807, 2.05) is 30.5 Å². The van der Waals surface area contributed by atoms with E-state index in [-0.39, 0.29) is 0 Å². The number of aromatic nitrogens is 3. The fraction of sp³-hybridized carbons (Fsp3) is 0.182. The highest BCUT2D eigenvalue weighted by Gasteiger charge is 2.08. The van der Waals surface area contributed by atoms with Crippen molar-refractivity contribution in [2.45, 2.75) is 14.4 Å². The van der Waals surface area contributed by atoms with Gasteiger partial charge in [-0.25, -0.2) is 4.98 Å². The van der Waals surface area contributed by atoms with Crippen LogP contribution in [0.2, 0.25) is 0 Å². The molecule has 0 aliphatic heterocycles. The quantitative estimate of drug-likeness (QED) is 0.684. The number of para-hydroxylation sites is 2. The van der Waals surface area contributed by atoms with Crippen LogP contribution in [0.1, 0.15) is 5.89 Å². The van der Waals surface area contributed by atoms with E-state index in [1.54, 1.807) is 34.9 Å². The van der Waals surface area contributed by atoms with Crippen molar-refractivity contribution in [3.63, 3.8) is 0 Å². The molecule has 1 aromatic carbocycles. The average molecular weight is 295 g/mol. The molecule has 0 bridgehead atoms. The van der Waals surface area contributed by atoms with Crippen LogP contribution in [0.5, 0.6) is 0 Å². The van der Waals surface area contributed by atoms with Crippen LogP contribution in [0.25, 0.3) is 11.1 Å². The third-order valence-corrected chi connectivity index (χ3v) is 5.24. The number of thioether (sulfide) groups is 2. The molecule has 0 aliphatic carbocycles. The maximum Gasteiger partial charge on any atom is 0.205 e. The van der Waals surface area contributed by atoms with Crippen LogP contribution in [0.4, 0.5) is 0 Å². The first-order valence-corrected chi connectivity index (χ1v) is 8.22. The van der Waals surface area contributed by atoms with Crippen LogP contribution in [0.3, 0.4) is 0 Å². The lowest BCUT2D eigenvalue weighted by Gasteiger charge is -1.90. The van der Waals surface area contributed by atoms with E-state index in [9.17, 15) is 0 Å². The molecule has 3 aromatic rings. The molecule has 92 valence electrons. The first-order chi connectivity index (χ1) is 8.85. The first-order valence-electron chi connectivity index (χ1n) is 5.20. The van der Waals surface area contributed by atoms with Gasteiger partial charge in [0.15, 0.2) is 14.3 Å². The number of hydrogen-bond donors (Lipinski definition) is 0. The Morgan fingerprint density at radius 1 is 1.22 bits per heavy atom. The van der Waals surface area contributed by atoms with Crippen LogP contribution >= 0.6 is 34.9 Å². The predicted molar refractivity (Wildman–Crippen MR) is 75.3 cm³/mol. The van der Waals surface area contributed by atoms with Crippen LogP contribution in [0.15, 0.2) is 37.4 Å². The molecule has 0 saturated heterocycles. The molecule has 3 rings (SSSR count). The molecule has 0 radical (unpaired) electrons. The van der Waals surface area contributed by atoms with E-state index in [2.05, 4.69) is 15.2 Å². The second-order valence-electron chi connectivity index (χ2n) is 3.40. The Labute approximate surface area is 116 Å². The Morgan fingerprint density at radius 2 is 2.06 bits per heavy atom. The number of rotatable bonds is 4. The summed E-state index contributed by atoms with van der Waals surface area (Å²) in [6.07, 6.45) is 2.00. The van der Waals surface area contributed by atoms with Crippen molar-refractivity contribution in [1.82, 2.24) is 15.2 Å². The molecule has 7 heteroatoms. The minimum atomic E-state index is 0.678. The molecule has 18 heavy (non-hydrogen) atoms. The minimum absolute atomic E-state index is 0.678. The van der Waals surface area contributed by atoms with Gasteiger partial charge in [0.25, 0.3) is 0 Å². The van der Waals surface area contributed by atoms with Crippen molar-refractivity contribution in [3.8, 4) is 0 Å². The van der Waals surface area contributed by atoms with Crippen LogP contribution < -0.4 is 0 Å². The average Bonchev–Trinajstić information content (AvgIpc) is 3.02. The molecule has 0 unspecified atom stereocenters. The van der Waals surface area contributed by atoms with Crippen LogP contribution in [0, 0.1) is 0 Å². The summed E-state index contributed by atoms with van der Waals surface area (Å²) in [4.78, 5) is 4.42. The van der Waals surface area contributed by atoms with Crippen molar-refractivity contribution in [1.29, 1.82) is 0 Å². The lowest BCUT2D eigenvalue weighted by molar-refractivity contribution is 0.556. The van der Waals surface area contributed by atoms with E-state index in [0.29, 0.717) is 5.75 Å². The van der Waals surface area contributed by atoms with Gasteiger partial charge >= 0.3 is 0 Å². The zero-order valence-corrected chi connectivity index (χ0v) is 11.9. The Kier molecular flexibility index (Phi) is 3.53. The SMILES string of the molecule is CSc1nnc(SCc2nc3ccccc3o2)s1. The van der Waals surface area contributed by atoms with E-state index >= 15 is 0 Å². The number of hydrogen-bond acceptors (Lipinski definition) is 7. The number of benzene rings is 1. The topological polar surface area (TPSA) is 51.8 Å². The van der Waals surface area contributed by atoms with Gasteiger partial charge in [0, 0.05) is 0 Å². The van der Waals surface area contributed by atoms with Crippen molar-refractivity contribution in [2.75, 3.05) is 6.26 Å². The Bertz CT molecular complexity index is 631. The van der Waals surface area contributed by atoms with Gasteiger partial charge in [0.2, 0.25) is 5.89 Å². The van der Waals surface area contributed by atoms with Gasteiger partial charge in [0.05, 0.1) is 5.75 Å². The van der Waals surface area contributed by atoms with Gasteiger partial charge < -0.3 is 4.42 Å². The smallest absolute Gasteiger partial charge is 0.205 e. The molecule has 0 atom stereocenters. The summed E-state index contributed by atoms with van der Waals surface area (Å²) in [6.45, 7) is 0. The molecule has 0 aliphatic rings. The van der Waals surface area contributed by atoms with Gasteiger partial charge in [-0.3, -0.25) is 0 Å². The maximum absolute atomic E-state index is 5.64. The fourth-order valence-electron chi connectivity index (χ4n) is 1.44. The molecule has 0 fully saturated rings. The normalized spacial score (nSPS) is 11.2. The largest absolute Gasteiger partial charge is 0.440 e. The van der Waals surface area contributed by atoms with E-state index in [1.165, 1.54) is 0 Å². The first kappa shape index (κ1) is 12.0. The molecule has 2 aromatic heterocycles. The van der Waals surface area contributed by atoms with Crippen molar-refractivity contribution in [3.05, 3.63) is 30.2 Å². The maximum atomic E-state index is 5.64. The summed E-state index contributed by atoms with van der Waals surface area (Å²) >= 11 is 4.80. The van der Waals surface area contributed by atoms with E-state index in [4.69, 9.17) is 4.42 Å². The summed E-state index contributed by atoms with van der Waals surface area (Å²) in [7, 11) is 0. The van der Waals surface area contributed by atoms with Crippen LogP contribution in [-0.4, -0.2) is 21.4 Å². The number of fused-ring (bicyclic) bond motifs is 1.